The van der Waals surface area contributed by atoms with Gasteiger partial charge in [-0.05, 0) is 25.1 Å². The van der Waals surface area contributed by atoms with Crippen molar-refractivity contribution in [1.82, 2.24) is 5.16 Å². The van der Waals surface area contributed by atoms with E-state index in [9.17, 15) is 4.79 Å². The number of carbonyl (C=O) groups excluding carboxylic acids is 1. The van der Waals surface area contributed by atoms with Gasteiger partial charge in [0, 0.05) is 21.8 Å². The van der Waals surface area contributed by atoms with Gasteiger partial charge in [0.2, 0.25) is 5.91 Å². The van der Waals surface area contributed by atoms with Crippen molar-refractivity contribution in [2.75, 3.05) is 5.32 Å². The molecule has 0 saturated heterocycles. The van der Waals surface area contributed by atoms with Gasteiger partial charge in [0.25, 0.3) is 0 Å². The third-order valence-corrected chi connectivity index (χ3v) is 2.60. The molecule has 1 aromatic heterocycles. The molecule has 0 aliphatic heterocycles. The van der Waals surface area contributed by atoms with Crippen LogP contribution in [0.1, 0.15) is 11.5 Å². The number of amides is 1. The predicted molar refractivity (Wildman–Crippen MR) is 70.0 cm³/mol. The second-order valence-electron chi connectivity index (χ2n) is 3.81. The zero-order valence-electron chi connectivity index (χ0n) is 9.54. The molecule has 1 aromatic carbocycles. The molecule has 0 saturated carbocycles. The summed E-state index contributed by atoms with van der Waals surface area (Å²) in [6.07, 6.45) is 0.140. The predicted octanol–water partition coefficient (Wildman–Crippen LogP) is 3.47. The normalized spacial score (nSPS) is 10.4. The number of nitrogens with one attached hydrogen (secondary N) is 1. The van der Waals surface area contributed by atoms with Gasteiger partial charge in [-0.1, -0.05) is 28.4 Å². The molecule has 0 fully saturated rings. The van der Waals surface area contributed by atoms with Crippen LogP contribution in [0.25, 0.3) is 0 Å². The van der Waals surface area contributed by atoms with E-state index in [-0.39, 0.29) is 12.3 Å². The van der Waals surface area contributed by atoms with E-state index in [1.54, 1.807) is 31.2 Å². The summed E-state index contributed by atoms with van der Waals surface area (Å²) in [7, 11) is 0. The first-order chi connectivity index (χ1) is 8.52. The van der Waals surface area contributed by atoms with E-state index in [1.165, 1.54) is 0 Å². The van der Waals surface area contributed by atoms with Gasteiger partial charge >= 0.3 is 0 Å². The molecule has 1 N–H and O–H groups in total. The maximum absolute atomic E-state index is 11.7. The maximum atomic E-state index is 11.7. The maximum Gasteiger partial charge on any atom is 0.230 e. The lowest BCUT2D eigenvalue weighted by Gasteiger charge is -2.05. The van der Waals surface area contributed by atoms with Crippen molar-refractivity contribution in [2.45, 2.75) is 13.3 Å². The summed E-state index contributed by atoms with van der Waals surface area (Å²) in [6.45, 7) is 1.77. The molecule has 0 radical (unpaired) electrons. The van der Waals surface area contributed by atoms with Crippen LogP contribution in [0.2, 0.25) is 10.0 Å². The van der Waals surface area contributed by atoms with E-state index in [0.717, 1.165) is 0 Å². The van der Waals surface area contributed by atoms with Crippen LogP contribution in [-0.2, 0) is 11.2 Å². The van der Waals surface area contributed by atoms with E-state index in [2.05, 4.69) is 10.5 Å². The van der Waals surface area contributed by atoms with Crippen LogP contribution in [0, 0.1) is 6.92 Å². The van der Waals surface area contributed by atoms with E-state index in [4.69, 9.17) is 27.7 Å². The first kappa shape index (κ1) is 12.9. The first-order valence-electron chi connectivity index (χ1n) is 5.21. The van der Waals surface area contributed by atoms with E-state index in [1.807, 2.05) is 0 Å². The highest BCUT2D eigenvalue weighted by Gasteiger charge is 2.08. The van der Waals surface area contributed by atoms with Gasteiger partial charge < -0.3 is 9.84 Å². The fourth-order valence-corrected chi connectivity index (χ4v) is 2.02. The zero-order valence-corrected chi connectivity index (χ0v) is 11.0. The van der Waals surface area contributed by atoms with Crippen molar-refractivity contribution in [1.29, 1.82) is 0 Å². The molecular formula is C12H10Cl2N2O2. The minimum Gasteiger partial charge on any atom is -0.361 e. The number of aromatic nitrogens is 1. The third kappa shape index (κ3) is 3.48. The van der Waals surface area contributed by atoms with Gasteiger partial charge in [-0.2, -0.15) is 0 Å². The molecule has 4 nitrogen and oxygen atoms in total. The number of hydrogen-bond donors (Lipinski definition) is 1. The first-order valence-corrected chi connectivity index (χ1v) is 5.96. The number of carbonyl (C=O) groups is 1. The highest BCUT2D eigenvalue weighted by atomic mass is 35.5. The molecule has 1 heterocycles. The molecule has 0 aliphatic carbocycles. The Morgan fingerprint density at radius 2 is 1.94 bits per heavy atom. The lowest BCUT2D eigenvalue weighted by atomic mass is 10.2. The summed E-state index contributed by atoms with van der Waals surface area (Å²) in [6, 6.07) is 6.56. The number of hydrogen-bond acceptors (Lipinski definition) is 3. The number of benzene rings is 1. The Bertz CT molecular complexity index is 561. The topological polar surface area (TPSA) is 55.1 Å². The summed E-state index contributed by atoms with van der Waals surface area (Å²) >= 11 is 11.7. The van der Waals surface area contributed by atoms with E-state index in [0.29, 0.717) is 27.2 Å². The van der Waals surface area contributed by atoms with Crippen LogP contribution in [0.4, 0.5) is 5.69 Å². The number of aryl methyl sites for hydroxylation is 1. The molecule has 18 heavy (non-hydrogen) atoms. The van der Waals surface area contributed by atoms with E-state index < -0.39 is 0 Å². The molecule has 0 aliphatic rings. The van der Waals surface area contributed by atoms with Gasteiger partial charge in [0.1, 0.15) is 5.76 Å². The van der Waals surface area contributed by atoms with Crippen LogP contribution < -0.4 is 5.32 Å². The number of halogens is 2. The Kier molecular flexibility index (Phi) is 3.89. The zero-order chi connectivity index (χ0) is 13.1. The second kappa shape index (κ2) is 5.42. The largest absolute Gasteiger partial charge is 0.361 e. The monoisotopic (exact) mass is 284 g/mol. The summed E-state index contributed by atoms with van der Waals surface area (Å²) < 4.78 is 4.88. The number of rotatable bonds is 3. The Morgan fingerprint density at radius 1 is 1.28 bits per heavy atom. The van der Waals surface area contributed by atoms with Crippen molar-refractivity contribution in [3.8, 4) is 0 Å². The Morgan fingerprint density at radius 3 is 2.50 bits per heavy atom. The summed E-state index contributed by atoms with van der Waals surface area (Å²) in [4.78, 5) is 11.7. The molecule has 0 atom stereocenters. The quantitative estimate of drug-likeness (QED) is 0.939. The Balaban J connectivity index is 2.02. The molecule has 0 unspecified atom stereocenters. The van der Waals surface area contributed by atoms with Crippen LogP contribution in [-0.4, -0.2) is 11.1 Å². The van der Waals surface area contributed by atoms with Crippen LogP contribution in [0.5, 0.6) is 0 Å². The van der Waals surface area contributed by atoms with Crippen molar-refractivity contribution in [3.05, 3.63) is 45.8 Å². The Labute approximate surface area is 114 Å². The molecular weight excluding hydrogens is 275 g/mol. The minimum atomic E-state index is -0.207. The van der Waals surface area contributed by atoms with E-state index >= 15 is 0 Å². The lowest BCUT2D eigenvalue weighted by molar-refractivity contribution is -0.115. The molecule has 2 rings (SSSR count). The Hall–Kier alpha value is -1.52. The average Bonchev–Trinajstić information content (AvgIpc) is 2.61. The van der Waals surface area contributed by atoms with Gasteiger partial charge in [0.15, 0.2) is 0 Å². The highest BCUT2D eigenvalue weighted by molar-refractivity contribution is 6.35. The average molecular weight is 285 g/mol. The van der Waals surface area contributed by atoms with Gasteiger partial charge in [-0.25, -0.2) is 0 Å². The van der Waals surface area contributed by atoms with Crippen molar-refractivity contribution in [3.63, 3.8) is 0 Å². The molecule has 2 aromatic rings. The number of nitrogens with zero attached hydrogens (tertiary/aromatic N) is 1. The van der Waals surface area contributed by atoms with Crippen molar-refractivity contribution < 1.29 is 9.32 Å². The molecule has 0 bridgehead atoms. The summed E-state index contributed by atoms with van der Waals surface area (Å²) in [5.74, 6) is 0.463. The summed E-state index contributed by atoms with van der Waals surface area (Å²) in [5.41, 5.74) is 1.14. The highest BCUT2D eigenvalue weighted by Crippen LogP contribution is 2.22. The van der Waals surface area contributed by atoms with Gasteiger partial charge in [-0.3, -0.25) is 4.79 Å². The molecule has 0 spiro atoms. The molecule has 6 heteroatoms. The molecule has 94 valence electrons. The van der Waals surface area contributed by atoms with Crippen LogP contribution >= 0.6 is 23.2 Å². The van der Waals surface area contributed by atoms with Crippen LogP contribution in [0.3, 0.4) is 0 Å². The fourth-order valence-electron chi connectivity index (χ4n) is 1.50. The standard InChI is InChI=1S/C12H10Cl2N2O2/c1-7-2-11(16-18-7)6-12(17)15-10-4-8(13)3-9(14)5-10/h2-5H,6H2,1H3,(H,15,17). The smallest absolute Gasteiger partial charge is 0.230 e. The van der Waals surface area contributed by atoms with Gasteiger partial charge in [-0.15, -0.1) is 0 Å². The third-order valence-electron chi connectivity index (χ3n) is 2.16. The SMILES string of the molecule is Cc1cc(CC(=O)Nc2cc(Cl)cc(Cl)c2)no1. The number of anilines is 1. The second-order valence-corrected chi connectivity index (χ2v) is 4.68. The fraction of sp³-hybridized carbons (Fsp3) is 0.167. The van der Waals surface area contributed by atoms with Crippen molar-refractivity contribution >= 4 is 34.8 Å². The minimum absolute atomic E-state index is 0.140. The molecule has 1 amide bonds. The van der Waals surface area contributed by atoms with Gasteiger partial charge in [0.05, 0.1) is 12.1 Å². The lowest BCUT2D eigenvalue weighted by Crippen LogP contribution is -2.14. The van der Waals surface area contributed by atoms with Crippen molar-refractivity contribution in [2.24, 2.45) is 0 Å². The summed E-state index contributed by atoms with van der Waals surface area (Å²) in [5, 5.41) is 7.37. The van der Waals surface area contributed by atoms with Crippen LogP contribution in [0.15, 0.2) is 28.8 Å².